The fraction of sp³-hybridized carbons (Fsp3) is 0.500. The van der Waals surface area contributed by atoms with Gasteiger partial charge in [-0.05, 0) is 46.6 Å². The largest absolute Gasteiger partial charge is 0.488 e. The van der Waals surface area contributed by atoms with Gasteiger partial charge in [-0.2, -0.15) is 0 Å². The Balaban J connectivity index is 1.59. The maximum Gasteiger partial charge on any atom is 0.188 e. The molecule has 4 rings (SSSR count). The van der Waals surface area contributed by atoms with Crippen molar-refractivity contribution < 1.29 is 28.5 Å². The highest BCUT2D eigenvalue weighted by molar-refractivity contribution is 9.10. The van der Waals surface area contributed by atoms with Crippen LogP contribution in [-0.2, 0) is 19.0 Å². The summed E-state index contributed by atoms with van der Waals surface area (Å²) >= 11 is 3.63. The molecule has 0 radical (unpaired) electrons. The van der Waals surface area contributed by atoms with Gasteiger partial charge in [0.1, 0.15) is 29.1 Å². The lowest BCUT2D eigenvalue weighted by atomic mass is 9.76. The summed E-state index contributed by atoms with van der Waals surface area (Å²) in [5, 5.41) is 0. The molecule has 1 unspecified atom stereocenters. The fourth-order valence-electron chi connectivity index (χ4n) is 4.49. The van der Waals surface area contributed by atoms with Crippen molar-refractivity contribution in [2.45, 2.75) is 31.3 Å². The molecule has 0 bridgehead atoms. The van der Waals surface area contributed by atoms with E-state index in [1.165, 1.54) is 0 Å². The molecule has 0 aromatic heterocycles. The quantitative estimate of drug-likeness (QED) is 0.559. The number of halogens is 1. The molecule has 6 nitrogen and oxygen atoms in total. The van der Waals surface area contributed by atoms with Crippen LogP contribution in [0, 0.1) is 11.8 Å². The first kappa shape index (κ1) is 20.4. The number of hydrogen-bond donors (Lipinski definition) is 0. The molecular weight excluding hydrogens is 440 g/mol. The summed E-state index contributed by atoms with van der Waals surface area (Å²) in [6.45, 7) is 0.405. The van der Waals surface area contributed by atoms with Crippen molar-refractivity contribution in [1.29, 1.82) is 0 Å². The molecular formula is C22H25BrO6. The smallest absolute Gasteiger partial charge is 0.188 e. The number of Topliss-reactive ketones (excluding diaryl/α,β-unsaturated/α-hetero) is 1. The first-order valence-electron chi connectivity index (χ1n) is 9.74. The molecule has 1 aliphatic heterocycles. The normalized spacial score (nSPS) is 27.7. The van der Waals surface area contributed by atoms with Crippen LogP contribution in [0.3, 0.4) is 0 Å². The fourth-order valence-corrected chi connectivity index (χ4v) is 5.04. The van der Waals surface area contributed by atoms with Gasteiger partial charge in [0.25, 0.3) is 0 Å². The Bertz CT molecular complexity index is 833. The zero-order chi connectivity index (χ0) is 20.4. The van der Waals surface area contributed by atoms with Crippen molar-refractivity contribution in [2.24, 2.45) is 11.8 Å². The molecule has 7 heteroatoms. The zero-order valence-electron chi connectivity index (χ0n) is 16.6. The summed E-state index contributed by atoms with van der Waals surface area (Å²) in [4.78, 5) is 12.4. The van der Waals surface area contributed by atoms with Crippen molar-refractivity contribution in [3.8, 4) is 11.5 Å². The molecule has 2 aliphatic carbocycles. The average Bonchev–Trinajstić information content (AvgIpc) is 3.12. The summed E-state index contributed by atoms with van der Waals surface area (Å²) in [5.41, 5.74) is 1.04. The van der Waals surface area contributed by atoms with E-state index in [2.05, 4.69) is 28.1 Å². The molecule has 0 N–H and O–H groups in total. The van der Waals surface area contributed by atoms with Crippen LogP contribution in [0.25, 0.3) is 0 Å². The van der Waals surface area contributed by atoms with Crippen LogP contribution in [-0.4, -0.2) is 39.7 Å². The summed E-state index contributed by atoms with van der Waals surface area (Å²) in [7, 11) is 3.19. The predicted molar refractivity (Wildman–Crippen MR) is 110 cm³/mol. The number of rotatable bonds is 7. The number of benzene rings is 1. The second kappa shape index (κ2) is 8.90. The molecule has 1 aromatic rings. The van der Waals surface area contributed by atoms with Gasteiger partial charge in [0, 0.05) is 50.4 Å². The summed E-state index contributed by atoms with van der Waals surface area (Å²) in [6.07, 6.45) is 8.00. The number of ketones is 1. The van der Waals surface area contributed by atoms with E-state index in [9.17, 15) is 4.79 Å². The van der Waals surface area contributed by atoms with Crippen LogP contribution < -0.4 is 9.47 Å². The van der Waals surface area contributed by atoms with Crippen molar-refractivity contribution >= 4 is 21.7 Å². The minimum absolute atomic E-state index is 0.0579. The van der Waals surface area contributed by atoms with Gasteiger partial charge in [-0.15, -0.1) is 0 Å². The van der Waals surface area contributed by atoms with E-state index in [-0.39, 0.29) is 37.4 Å². The molecule has 0 spiro atoms. The number of hydrogen-bond acceptors (Lipinski definition) is 6. The standard InChI is InChI=1S/C22H25BrO6/c1-25-11-27-15-5-3-13(4-6-15)21-18-8-14(24)7-17(18)19-9-16(28-12-26-2)10-20(23)22(19)29-21/h3,5-6,9-10,13,17-18,21H,4,7-8,11-12H2,1-2H3/t13?,17-,18+,21+/m1/s1. The third-order valence-corrected chi connectivity index (χ3v) is 6.35. The number of carbonyl (C=O) groups excluding carboxylic acids is 1. The lowest BCUT2D eigenvalue weighted by Gasteiger charge is -2.40. The SMILES string of the molecule is COCOC1=CCC([C@@H]2Oc3c(Br)cc(OCOC)cc3[C@@H]3CC(=O)C[C@@H]32)C=C1. The van der Waals surface area contributed by atoms with Gasteiger partial charge in [0.05, 0.1) is 4.47 Å². The number of ether oxygens (including phenoxy) is 5. The molecule has 3 aliphatic rings. The number of methoxy groups -OCH3 is 2. The predicted octanol–water partition coefficient (Wildman–Crippen LogP) is 4.34. The zero-order valence-corrected chi connectivity index (χ0v) is 18.1. The van der Waals surface area contributed by atoms with Crippen molar-refractivity contribution in [3.63, 3.8) is 0 Å². The van der Waals surface area contributed by atoms with Gasteiger partial charge in [-0.1, -0.05) is 6.08 Å². The number of allylic oxidation sites excluding steroid dienone is 2. The van der Waals surface area contributed by atoms with Gasteiger partial charge in [-0.3, -0.25) is 4.79 Å². The summed E-state index contributed by atoms with van der Waals surface area (Å²) in [6, 6.07) is 3.87. The van der Waals surface area contributed by atoms with Gasteiger partial charge in [0.2, 0.25) is 0 Å². The lowest BCUT2D eigenvalue weighted by Crippen LogP contribution is -2.39. The van der Waals surface area contributed by atoms with Gasteiger partial charge >= 0.3 is 0 Å². The van der Waals surface area contributed by atoms with E-state index in [0.29, 0.717) is 24.4 Å². The Labute approximate surface area is 178 Å². The highest BCUT2D eigenvalue weighted by atomic mass is 79.9. The number of carbonyl (C=O) groups is 1. The summed E-state index contributed by atoms with van der Waals surface area (Å²) < 4.78 is 28.5. The molecule has 1 aromatic carbocycles. The maximum atomic E-state index is 12.4. The average molecular weight is 465 g/mol. The first-order chi connectivity index (χ1) is 14.1. The highest BCUT2D eigenvalue weighted by Gasteiger charge is 2.47. The Morgan fingerprint density at radius 3 is 2.66 bits per heavy atom. The minimum Gasteiger partial charge on any atom is -0.488 e. The molecule has 0 saturated heterocycles. The Kier molecular flexibility index (Phi) is 6.27. The molecule has 29 heavy (non-hydrogen) atoms. The Morgan fingerprint density at radius 2 is 1.93 bits per heavy atom. The lowest BCUT2D eigenvalue weighted by molar-refractivity contribution is -0.117. The molecule has 1 heterocycles. The minimum atomic E-state index is -0.0579. The van der Waals surface area contributed by atoms with E-state index < -0.39 is 0 Å². The highest BCUT2D eigenvalue weighted by Crippen LogP contribution is 2.53. The summed E-state index contributed by atoms with van der Waals surface area (Å²) in [5.74, 6) is 3.10. The van der Waals surface area contributed by atoms with Crippen LogP contribution in [0.15, 0.2) is 40.6 Å². The Morgan fingerprint density at radius 1 is 1.14 bits per heavy atom. The van der Waals surface area contributed by atoms with Crippen LogP contribution in [0.5, 0.6) is 11.5 Å². The second-order valence-corrected chi connectivity index (χ2v) is 8.44. The number of fused-ring (bicyclic) bond motifs is 3. The van der Waals surface area contributed by atoms with Gasteiger partial charge in [0.15, 0.2) is 13.6 Å². The van der Waals surface area contributed by atoms with E-state index in [1.807, 2.05) is 18.2 Å². The van der Waals surface area contributed by atoms with Crippen molar-refractivity contribution in [3.05, 3.63) is 46.2 Å². The van der Waals surface area contributed by atoms with E-state index in [0.717, 1.165) is 28.0 Å². The molecule has 156 valence electrons. The molecule has 0 amide bonds. The second-order valence-electron chi connectivity index (χ2n) is 7.59. The third-order valence-electron chi connectivity index (χ3n) is 5.76. The van der Waals surface area contributed by atoms with Crippen LogP contribution >= 0.6 is 15.9 Å². The van der Waals surface area contributed by atoms with E-state index in [1.54, 1.807) is 14.2 Å². The van der Waals surface area contributed by atoms with E-state index in [4.69, 9.17) is 23.7 Å². The third kappa shape index (κ3) is 4.22. The van der Waals surface area contributed by atoms with Crippen molar-refractivity contribution in [2.75, 3.05) is 27.8 Å². The van der Waals surface area contributed by atoms with Crippen LogP contribution in [0.4, 0.5) is 0 Å². The van der Waals surface area contributed by atoms with E-state index >= 15 is 0 Å². The van der Waals surface area contributed by atoms with Gasteiger partial charge in [-0.25, -0.2) is 0 Å². The topological polar surface area (TPSA) is 63.2 Å². The van der Waals surface area contributed by atoms with Crippen LogP contribution in [0.1, 0.15) is 30.7 Å². The van der Waals surface area contributed by atoms with Crippen LogP contribution in [0.2, 0.25) is 0 Å². The molecule has 4 atom stereocenters. The Hall–Kier alpha value is -1.83. The van der Waals surface area contributed by atoms with Gasteiger partial charge < -0.3 is 23.7 Å². The molecule has 1 fully saturated rings. The van der Waals surface area contributed by atoms with Crippen molar-refractivity contribution in [1.82, 2.24) is 0 Å². The maximum absolute atomic E-state index is 12.4. The monoisotopic (exact) mass is 464 g/mol. The molecule has 1 saturated carbocycles. The first-order valence-corrected chi connectivity index (χ1v) is 10.5.